The van der Waals surface area contributed by atoms with Gasteiger partial charge >= 0.3 is 0 Å². The molecule has 1 aromatic carbocycles. The summed E-state index contributed by atoms with van der Waals surface area (Å²) in [5, 5.41) is 9.83. The number of aliphatic hydroxyl groups is 1. The lowest BCUT2D eigenvalue weighted by Gasteiger charge is -2.55. The average Bonchev–Trinajstić information content (AvgIpc) is 2.52. The number of hydrogen-bond donors (Lipinski definition) is 1. The first-order valence-electron chi connectivity index (χ1n) is 9.50. The fraction of sp³-hybridized carbons (Fsp3) is 0.667. The second-order valence-electron chi connectivity index (χ2n) is 8.93. The highest BCUT2D eigenvalue weighted by Crippen LogP contribution is 2.48. The maximum absolute atomic E-state index is 12.4. The molecule has 3 fully saturated rings. The molecule has 2 saturated carbocycles. The van der Waals surface area contributed by atoms with Crippen molar-refractivity contribution < 1.29 is 9.90 Å². The van der Waals surface area contributed by atoms with Gasteiger partial charge in [-0.3, -0.25) is 4.79 Å². The normalized spacial score (nSPS) is 32.2. The van der Waals surface area contributed by atoms with Crippen LogP contribution >= 0.6 is 0 Å². The molecule has 1 spiro atoms. The Balaban J connectivity index is 1.23. The van der Waals surface area contributed by atoms with Crippen molar-refractivity contribution in [2.45, 2.75) is 57.5 Å². The zero-order chi connectivity index (χ0) is 16.8. The molecule has 4 rings (SSSR count). The zero-order valence-electron chi connectivity index (χ0n) is 14.7. The summed E-state index contributed by atoms with van der Waals surface area (Å²) in [6, 6.07) is 10.8. The third-order valence-corrected chi connectivity index (χ3v) is 6.62. The molecule has 1 N–H and O–H groups in total. The van der Waals surface area contributed by atoms with Crippen LogP contribution in [-0.4, -0.2) is 34.6 Å². The molecule has 130 valence electrons. The number of benzene rings is 1. The maximum atomic E-state index is 12.4. The van der Waals surface area contributed by atoms with Gasteiger partial charge in [0, 0.05) is 24.4 Å². The molecule has 0 radical (unpaired) electrons. The van der Waals surface area contributed by atoms with E-state index in [1.54, 1.807) is 0 Å². The molecule has 0 bridgehead atoms. The van der Waals surface area contributed by atoms with Gasteiger partial charge in [0.1, 0.15) is 0 Å². The molecule has 0 atom stereocenters. The number of carbonyl (C=O) groups is 1. The standard InChI is InChI=1S/C21H29NO2/c1-20(24)12-18(13-20)19(23)22-14-21(15-22)9-7-17(8-10-21)11-16-5-3-2-4-6-16/h2-6,17-18,24H,7-15H2,1H3. The largest absolute Gasteiger partial charge is 0.390 e. The fourth-order valence-corrected chi connectivity index (χ4v) is 5.11. The Kier molecular flexibility index (Phi) is 3.95. The molecule has 3 nitrogen and oxygen atoms in total. The Hall–Kier alpha value is -1.35. The van der Waals surface area contributed by atoms with E-state index >= 15 is 0 Å². The molecular formula is C21H29NO2. The summed E-state index contributed by atoms with van der Waals surface area (Å²) in [5.41, 5.74) is 1.27. The van der Waals surface area contributed by atoms with Crippen LogP contribution in [0.15, 0.2) is 30.3 Å². The van der Waals surface area contributed by atoms with E-state index < -0.39 is 5.60 Å². The summed E-state index contributed by atoms with van der Waals surface area (Å²) < 4.78 is 0. The molecule has 1 aromatic rings. The molecule has 1 heterocycles. The Morgan fingerprint density at radius 3 is 2.38 bits per heavy atom. The van der Waals surface area contributed by atoms with Crippen molar-refractivity contribution in [2.75, 3.05) is 13.1 Å². The number of amides is 1. The Bertz CT molecular complexity index is 586. The summed E-state index contributed by atoms with van der Waals surface area (Å²) in [5.74, 6) is 1.18. The van der Waals surface area contributed by atoms with E-state index in [4.69, 9.17) is 0 Å². The molecule has 3 heteroatoms. The Morgan fingerprint density at radius 2 is 1.79 bits per heavy atom. The van der Waals surface area contributed by atoms with Crippen LogP contribution < -0.4 is 0 Å². The monoisotopic (exact) mass is 327 g/mol. The fourth-order valence-electron chi connectivity index (χ4n) is 5.11. The lowest BCUT2D eigenvalue weighted by molar-refractivity contribution is -0.163. The van der Waals surface area contributed by atoms with Crippen LogP contribution in [0.5, 0.6) is 0 Å². The second-order valence-corrected chi connectivity index (χ2v) is 8.93. The highest BCUT2D eigenvalue weighted by atomic mass is 16.3. The first-order valence-corrected chi connectivity index (χ1v) is 9.50. The van der Waals surface area contributed by atoms with Crippen LogP contribution in [0.3, 0.4) is 0 Å². The highest BCUT2D eigenvalue weighted by molar-refractivity contribution is 5.81. The molecule has 1 saturated heterocycles. The van der Waals surface area contributed by atoms with Gasteiger partial charge in [-0.2, -0.15) is 0 Å². The highest BCUT2D eigenvalue weighted by Gasteiger charge is 2.51. The molecule has 3 aliphatic rings. The van der Waals surface area contributed by atoms with E-state index in [9.17, 15) is 9.90 Å². The Labute approximate surface area is 145 Å². The smallest absolute Gasteiger partial charge is 0.225 e. The van der Waals surface area contributed by atoms with E-state index in [-0.39, 0.29) is 5.92 Å². The van der Waals surface area contributed by atoms with Crippen molar-refractivity contribution in [2.24, 2.45) is 17.3 Å². The quantitative estimate of drug-likeness (QED) is 0.924. The summed E-state index contributed by atoms with van der Waals surface area (Å²) in [7, 11) is 0. The minimum Gasteiger partial charge on any atom is -0.390 e. The summed E-state index contributed by atoms with van der Waals surface area (Å²) in [6.07, 6.45) is 7.65. The minimum absolute atomic E-state index is 0.0757. The van der Waals surface area contributed by atoms with Gasteiger partial charge in [-0.1, -0.05) is 30.3 Å². The van der Waals surface area contributed by atoms with Gasteiger partial charge in [0.2, 0.25) is 5.91 Å². The van der Waals surface area contributed by atoms with Crippen LogP contribution in [0.25, 0.3) is 0 Å². The van der Waals surface area contributed by atoms with Crippen molar-refractivity contribution in [1.29, 1.82) is 0 Å². The van der Waals surface area contributed by atoms with Crippen LogP contribution in [0, 0.1) is 17.3 Å². The Morgan fingerprint density at radius 1 is 1.17 bits per heavy atom. The summed E-state index contributed by atoms with van der Waals surface area (Å²) in [6.45, 7) is 3.76. The molecule has 0 aromatic heterocycles. The third-order valence-electron chi connectivity index (χ3n) is 6.62. The topological polar surface area (TPSA) is 40.5 Å². The van der Waals surface area contributed by atoms with Crippen LogP contribution in [-0.2, 0) is 11.2 Å². The predicted octanol–water partition coefficient (Wildman–Crippen LogP) is 3.41. The van der Waals surface area contributed by atoms with Crippen molar-refractivity contribution in [3.05, 3.63) is 35.9 Å². The average molecular weight is 327 g/mol. The van der Waals surface area contributed by atoms with Gasteiger partial charge in [-0.05, 0) is 63.4 Å². The molecule has 1 aliphatic heterocycles. The number of hydrogen-bond acceptors (Lipinski definition) is 2. The van der Waals surface area contributed by atoms with E-state index in [0.717, 1.165) is 19.0 Å². The lowest BCUT2D eigenvalue weighted by Crippen LogP contribution is -2.62. The van der Waals surface area contributed by atoms with Crippen LogP contribution in [0.1, 0.15) is 51.0 Å². The van der Waals surface area contributed by atoms with Crippen LogP contribution in [0.2, 0.25) is 0 Å². The number of rotatable bonds is 3. The van der Waals surface area contributed by atoms with Crippen molar-refractivity contribution in [1.82, 2.24) is 4.90 Å². The van der Waals surface area contributed by atoms with Crippen molar-refractivity contribution >= 4 is 5.91 Å². The second kappa shape index (κ2) is 5.87. The first-order chi connectivity index (χ1) is 11.4. The SMILES string of the molecule is CC1(O)CC(C(=O)N2CC3(CCC(Cc4ccccc4)CC3)C2)C1. The number of likely N-dealkylation sites (tertiary alicyclic amines) is 1. The molecule has 1 amide bonds. The lowest BCUT2D eigenvalue weighted by atomic mass is 9.64. The van der Waals surface area contributed by atoms with Gasteiger partial charge in [-0.25, -0.2) is 0 Å². The third kappa shape index (κ3) is 3.11. The van der Waals surface area contributed by atoms with Gasteiger partial charge in [0.25, 0.3) is 0 Å². The van der Waals surface area contributed by atoms with Crippen molar-refractivity contribution in [3.8, 4) is 0 Å². The number of nitrogens with zero attached hydrogens (tertiary/aromatic N) is 1. The van der Waals surface area contributed by atoms with Gasteiger partial charge in [-0.15, -0.1) is 0 Å². The van der Waals surface area contributed by atoms with Crippen LogP contribution in [0.4, 0.5) is 0 Å². The van der Waals surface area contributed by atoms with E-state index in [1.807, 2.05) is 6.92 Å². The minimum atomic E-state index is -0.599. The van der Waals surface area contributed by atoms with Gasteiger partial charge < -0.3 is 10.0 Å². The maximum Gasteiger partial charge on any atom is 0.225 e. The summed E-state index contributed by atoms with van der Waals surface area (Å²) in [4.78, 5) is 14.5. The van der Waals surface area contributed by atoms with E-state index in [1.165, 1.54) is 37.7 Å². The van der Waals surface area contributed by atoms with Crippen molar-refractivity contribution in [3.63, 3.8) is 0 Å². The van der Waals surface area contributed by atoms with E-state index in [2.05, 4.69) is 35.2 Å². The summed E-state index contributed by atoms with van der Waals surface area (Å²) >= 11 is 0. The van der Waals surface area contributed by atoms with E-state index in [0.29, 0.717) is 24.2 Å². The molecule has 24 heavy (non-hydrogen) atoms. The zero-order valence-corrected chi connectivity index (χ0v) is 14.7. The predicted molar refractivity (Wildman–Crippen MR) is 94.5 cm³/mol. The van der Waals surface area contributed by atoms with Gasteiger partial charge in [0.05, 0.1) is 5.60 Å². The molecule has 0 unspecified atom stereocenters. The van der Waals surface area contributed by atoms with Gasteiger partial charge in [0.15, 0.2) is 0 Å². The first kappa shape index (κ1) is 16.1. The number of carbonyl (C=O) groups excluding carboxylic acids is 1. The molecular weight excluding hydrogens is 298 g/mol. The molecule has 2 aliphatic carbocycles.